The third-order valence-electron chi connectivity index (χ3n) is 3.69. The van der Waals surface area contributed by atoms with Crippen molar-refractivity contribution in [1.29, 1.82) is 0 Å². The zero-order chi connectivity index (χ0) is 14.8. The van der Waals surface area contributed by atoms with Crippen LogP contribution in [0.1, 0.15) is 31.0 Å². The second kappa shape index (κ2) is 6.12. The van der Waals surface area contributed by atoms with Crippen LogP contribution in [0.3, 0.4) is 0 Å². The van der Waals surface area contributed by atoms with E-state index in [1.807, 2.05) is 37.7 Å². The highest BCUT2D eigenvalue weighted by Crippen LogP contribution is 2.41. The van der Waals surface area contributed by atoms with Gasteiger partial charge in [-0.15, -0.1) is 11.8 Å². The molecule has 110 valence electrons. The lowest BCUT2D eigenvalue weighted by Crippen LogP contribution is -2.23. The molecule has 1 aliphatic heterocycles. The third-order valence-corrected chi connectivity index (χ3v) is 5.10. The molecule has 3 rings (SSSR count). The Balaban J connectivity index is 1.76. The zero-order valence-electron chi connectivity index (χ0n) is 12.5. The molecule has 1 heterocycles. The number of nitrogens with two attached hydrogens (primary N) is 1. The topological polar surface area (TPSA) is 35.2 Å². The van der Waals surface area contributed by atoms with Crippen LogP contribution in [-0.2, 0) is 6.42 Å². The van der Waals surface area contributed by atoms with Gasteiger partial charge in [-0.3, -0.25) is 0 Å². The number of rotatable bonds is 4. The van der Waals surface area contributed by atoms with Crippen LogP contribution >= 0.6 is 11.8 Å². The minimum atomic E-state index is 0.0260. The van der Waals surface area contributed by atoms with Gasteiger partial charge in [0.15, 0.2) is 0 Å². The molecule has 2 unspecified atom stereocenters. The average molecular weight is 299 g/mol. The number of ether oxygens (including phenoxy) is 1. The highest BCUT2D eigenvalue weighted by Gasteiger charge is 2.28. The van der Waals surface area contributed by atoms with Crippen molar-refractivity contribution in [2.75, 3.05) is 0 Å². The van der Waals surface area contributed by atoms with Gasteiger partial charge in [-0.2, -0.15) is 0 Å². The predicted octanol–water partition coefficient (Wildman–Crippen LogP) is 4.19. The molecule has 2 atom stereocenters. The summed E-state index contributed by atoms with van der Waals surface area (Å²) in [5, 5.41) is 0.400. The van der Waals surface area contributed by atoms with Crippen LogP contribution in [0.2, 0.25) is 0 Å². The molecule has 3 heteroatoms. The van der Waals surface area contributed by atoms with Crippen molar-refractivity contribution in [3.8, 4) is 5.75 Å². The van der Waals surface area contributed by atoms with Crippen molar-refractivity contribution in [1.82, 2.24) is 0 Å². The van der Waals surface area contributed by atoms with Gasteiger partial charge in [0.1, 0.15) is 5.75 Å². The molecule has 0 spiro atoms. The molecule has 2 nitrogen and oxygen atoms in total. The number of hydrogen-bond acceptors (Lipinski definition) is 3. The molecule has 2 aromatic carbocycles. The highest BCUT2D eigenvalue weighted by molar-refractivity contribution is 8.00. The summed E-state index contributed by atoms with van der Waals surface area (Å²) in [5.74, 6) is 0.901. The summed E-state index contributed by atoms with van der Waals surface area (Å²) in [6, 6.07) is 16.8. The molecule has 0 fully saturated rings. The standard InChI is InChI=1S/C18H21NOS/c1-12(2)20-15-8-5-7-14(10-15)18(19)17-11-13-6-3-4-9-16(13)21-17/h3-10,12,17-18H,11,19H2,1-2H3. The lowest BCUT2D eigenvalue weighted by atomic mass is 9.99. The normalized spacial score (nSPS) is 18.6. The van der Waals surface area contributed by atoms with E-state index in [2.05, 4.69) is 36.4 Å². The minimum Gasteiger partial charge on any atom is -0.491 e. The van der Waals surface area contributed by atoms with Crippen LogP contribution in [0.25, 0.3) is 0 Å². The van der Waals surface area contributed by atoms with Crippen molar-refractivity contribution < 1.29 is 4.74 Å². The molecule has 0 aromatic heterocycles. The Morgan fingerprint density at radius 2 is 1.95 bits per heavy atom. The fourth-order valence-corrected chi connectivity index (χ4v) is 4.04. The first-order valence-electron chi connectivity index (χ1n) is 7.40. The van der Waals surface area contributed by atoms with Gasteiger partial charge in [-0.05, 0) is 49.6 Å². The first-order valence-corrected chi connectivity index (χ1v) is 8.28. The fraction of sp³-hybridized carbons (Fsp3) is 0.333. The Bertz CT molecular complexity index is 601. The van der Waals surface area contributed by atoms with Gasteiger partial charge >= 0.3 is 0 Å². The van der Waals surface area contributed by atoms with Crippen LogP contribution in [0, 0.1) is 0 Å². The number of thioether (sulfide) groups is 1. The molecule has 1 aliphatic rings. The molecular weight excluding hydrogens is 278 g/mol. The fourth-order valence-electron chi connectivity index (χ4n) is 2.69. The summed E-state index contributed by atoms with van der Waals surface area (Å²) >= 11 is 1.89. The van der Waals surface area contributed by atoms with Crippen LogP contribution in [-0.4, -0.2) is 11.4 Å². The molecule has 0 radical (unpaired) electrons. The number of hydrogen-bond donors (Lipinski definition) is 1. The average Bonchev–Trinajstić information content (AvgIpc) is 2.90. The molecule has 0 saturated carbocycles. The second-order valence-corrected chi connectivity index (χ2v) is 7.01. The predicted molar refractivity (Wildman–Crippen MR) is 88.9 cm³/mol. The van der Waals surface area contributed by atoms with Crippen molar-refractivity contribution >= 4 is 11.8 Å². The summed E-state index contributed by atoms with van der Waals surface area (Å²) in [6.07, 6.45) is 1.22. The minimum absolute atomic E-state index is 0.0260. The smallest absolute Gasteiger partial charge is 0.120 e. The van der Waals surface area contributed by atoms with Gasteiger partial charge in [-0.1, -0.05) is 30.3 Å². The van der Waals surface area contributed by atoms with Gasteiger partial charge in [0.2, 0.25) is 0 Å². The van der Waals surface area contributed by atoms with Gasteiger partial charge < -0.3 is 10.5 Å². The molecule has 21 heavy (non-hydrogen) atoms. The van der Waals surface area contributed by atoms with Crippen LogP contribution in [0.4, 0.5) is 0 Å². The monoisotopic (exact) mass is 299 g/mol. The number of benzene rings is 2. The summed E-state index contributed by atoms with van der Waals surface area (Å²) in [4.78, 5) is 1.37. The molecule has 0 aliphatic carbocycles. The SMILES string of the molecule is CC(C)Oc1cccc(C(N)C2Cc3ccccc3S2)c1. The molecule has 0 amide bonds. The van der Waals surface area contributed by atoms with Gasteiger partial charge in [0.05, 0.1) is 6.10 Å². The van der Waals surface area contributed by atoms with Crippen LogP contribution < -0.4 is 10.5 Å². The van der Waals surface area contributed by atoms with E-state index in [-0.39, 0.29) is 12.1 Å². The van der Waals surface area contributed by atoms with E-state index in [1.165, 1.54) is 10.5 Å². The lowest BCUT2D eigenvalue weighted by molar-refractivity contribution is 0.242. The molecular formula is C18H21NOS. The Hall–Kier alpha value is -1.45. The Morgan fingerprint density at radius 1 is 1.14 bits per heavy atom. The Kier molecular flexibility index (Phi) is 4.22. The summed E-state index contributed by atoms with van der Waals surface area (Å²) in [5.41, 5.74) is 9.07. The maximum atomic E-state index is 6.50. The Labute approximate surface area is 130 Å². The Morgan fingerprint density at radius 3 is 2.71 bits per heavy atom. The van der Waals surface area contributed by atoms with Gasteiger partial charge in [-0.25, -0.2) is 0 Å². The zero-order valence-corrected chi connectivity index (χ0v) is 13.3. The maximum absolute atomic E-state index is 6.50. The molecule has 0 bridgehead atoms. The van der Waals surface area contributed by atoms with Crippen LogP contribution in [0.15, 0.2) is 53.4 Å². The summed E-state index contributed by atoms with van der Waals surface area (Å²) < 4.78 is 5.77. The summed E-state index contributed by atoms with van der Waals surface area (Å²) in [7, 11) is 0. The van der Waals surface area contributed by atoms with E-state index in [1.54, 1.807) is 0 Å². The second-order valence-electron chi connectivity index (χ2n) is 5.73. The highest BCUT2D eigenvalue weighted by atomic mass is 32.2. The first-order chi connectivity index (χ1) is 10.1. The first kappa shape index (κ1) is 14.5. The third kappa shape index (κ3) is 3.25. The maximum Gasteiger partial charge on any atom is 0.120 e. The van der Waals surface area contributed by atoms with E-state index in [0.717, 1.165) is 17.7 Å². The van der Waals surface area contributed by atoms with Crippen molar-refractivity contribution in [3.05, 3.63) is 59.7 Å². The van der Waals surface area contributed by atoms with Crippen molar-refractivity contribution in [2.45, 2.75) is 42.6 Å². The molecule has 2 N–H and O–H groups in total. The van der Waals surface area contributed by atoms with E-state index < -0.39 is 0 Å². The van der Waals surface area contributed by atoms with Crippen molar-refractivity contribution in [2.24, 2.45) is 5.73 Å². The van der Waals surface area contributed by atoms with E-state index in [4.69, 9.17) is 10.5 Å². The van der Waals surface area contributed by atoms with Gasteiger partial charge in [0.25, 0.3) is 0 Å². The van der Waals surface area contributed by atoms with E-state index in [9.17, 15) is 0 Å². The van der Waals surface area contributed by atoms with E-state index in [0.29, 0.717) is 5.25 Å². The molecule has 0 saturated heterocycles. The number of fused-ring (bicyclic) bond motifs is 1. The largest absolute Gasteiger partial charge is 0.491 e. The molecule has 2 aromatic rings. The quantitative estimate of drug-likeness (QED) is 0.919. The van der Waals surface area contributed by atoms with Crippen molar-refractivity contribution in [3.63, 3.8) is 0 Å². The van der Waals surface area contributed by atoms with E-state index >= 15 is 0 Å². The van der Waals surface area contributed by atoms with Gasteiger partial charge in [0, 0.05) is 16.2 Å². The summed E-state index contributed by atoms with van der Waals surface area (Å²) in [6.45, 7) is 4.08. The lowest BCUT2D eigenvalue weighted by Gasteiger charge is -2.20. The van der Waals surface area contributed by atoms with Crippen LogP contribution in [0.5, 0.6) is 5.75 Å².